The molecule has 6 nitrogen and oxygen atoms in total. The third-order valence-corrected chi connectivity index (χ3v) is 4.59. The summed E-state index contributed by atoms with van der Waals surface area (Å²) in [6.45, 7) is 1.20. The number of benzene rings is 1. The second-order valence-corrected chi connectivity index (χ2v) is 6.46. The van der Waals surface area contributed by atoms with Gasteiger partial charge in [-0.1, -0.05) is 18.2 Å². The van der Waals surface area contributed by atoms with E-state index in [1.54, 1.807) is 6.92 Å². The minimum atomic E-state index is -4.60. The van der Waals surface area contributed by atoms with Gasteiger partial charge in [0.15, 0.2) is 0 Å². The van der Waals surface area contributed by atoms with Crippen LogP contribution in [0.4, 0.5) is 13.2 Å². The van der Waals surface area contributed by atoms with Crippen molar-refractivity contribution in [3.63, 3.8) is 0 Å². The van der Waals surface area contributed by atoms with E-state index in [1.807, 2.05) is 0 Å². The lowest BCUT2D eigenvalue weighted by molar-refractivity contribution is -0.141. The van der Waals surface area contributed by atoms with Crippen LogP contribution in [-0.2, 0) is 31.8 Å². The number of hydrogen-bond acceptors (Lipinski definition) is 6. The van der Waals surface area contributed by atoms with Gasteiger partial charge < -0.3 is 9.47 Å². The number of halogens is 3. The number of hydrogen-bond donors (Lipinski definition) is 0. The Hall–Kier alpha value is -2.88. The van der Waals surface area contributed by atoms with Crippen molar-refractivity contribution in [3.05, 3.63) is 54.9 Å². The highest BCUT2D eigenvalue weighted by Gasteiger charge is 2.32. The lowest BCUT2D eigenvalue weighted by Gasteiger charge is -2.09. The Bertz CT molecular complexity index is 1050. The van der Waals surface area contributed by atoms with E-state index in [-0.39, 0.29) is 21.4 Å². The molecule has 0 aliphatic heterocycles. The summed E-state index contributed by atoms with van der Waals surface area (Å²) in [7, 11) is 1.13. The van der Waals surface area contributed by atoms with Crippen molar-refractivity contribution in [2.24, 2.45) is 0 Å². The molecule has 0 N–H and O–H groups in total. The smallest absolute Gasteiger partial charge is 0.416 e. The predicted octanol–water partition coefficient (Wildman–Crippen LogP) is 1.27. The van der Waals surface area contributed by atoms with Gasteiger partial charge in [-0.05, 0) is 24.6 Å². The Morgan fingerprint density at radius 2 is 1.93 bits per heavy atom. The van der Waals surface area contributed by atoms with Crippen molar-refractivity contribution in [3.8, 4) is 0 Å². The van der Waals surface area contributed by atoms with Crippen LogP contribution < -0.4 is 14.8 Å². The van der Waals surface area contributed by atoms with Crippen LogP contribution in [0.3, 0.4) is 0 Å². The molecule has 0 saturated heterocycles. The number of esters is 2. The van der Waals surface area contributed by atoms with Crippen LogP contribution in [0, 0.1) is 0 Å². The van der Waals surface area contributed by atoms with Gasteiger partial charge in [-0.3, -0.25) is 14.2 Å². The third kappa shape index (κ3) is 5.10. The highest BCUT2D eigenvalue weighted by Crippen LogP contribution is 2.31. The molecule has 28 heavy (non-hydrogen) atoms. The van der Waals surface area contributed by atoms with E-state index in [2.05, 4.69) is 4.74 Å². The molecule has 0 fully saturated rings. The fraction of sp³-hybridized carbons (Fsp3) is 0.278. The third-order valence-electron chi connectivity index (χ3n) is 3.53. The maximum absolute atomic E-state index is 13.2. The molecule has 150 valence electrons. The molecule has 1 heterocycles. The zero-order valence-electron chi connectivity index (χ0n) is 14.9. The standard InChI is InChI=1S/C18H16F3NO5S/c1-3-27-15(23)9-14-22(10-16(24)26-2)17(25)13(28-14)8-11-6-4-5-7-12(11)18(19,20)21/h4-9H,3,10H2,1-2H3/b13-8-,14-9-. The number of carbonyl (C=O) groups excluding carboxylic acids is 2. The van der Waals surface area contributed by atoms with E-state index in [0.29, 0.717) is 0 Å². The molecule has 0 saturated carbocycles. The molecule has 2 aromatic rings. The predicted molar refractivity (Wildman–Crippen MR) is 96.0 cm³/mol. The molecule has 0 amide bonds. The van der Waals surface area contributed by atoms with E-state index in [4.69, 9.17) is 4.74 Å². The Labute approximate surface area is 161 Å². The Morgan fingerprint density at radius 3 is 2.54 bits per heavy atom. The normalized spacial score (nSPS) is 12.9. The van der Waals surface area contributed by atoms with Crippen LogP contribution in [0.1, 0.15) is 18.1 Å². The molecule has 10 heteroatoms. The first kappa shape index (κ1) is 21.4. The Morgan fingerprint density at radius 1 is 1.25 bits per heavy atom. The molecule has 1 aromatic carbocycles. The Balaban J connectivity index is 2.71. The van der Waals surface area contributed by atoms with Crippen molar-refractivity contribution in [1.82, 2.24) is 4.57 Å². The summed E-state index contributed by atoms with van der Waals surface area (Å²) in [5.41, 5.74) is -1.83. The maximum atomic E-state index is 13.2. The van der Waals surface area contributed by atoms with Crippen LogP contribution >= 0.6 is 11.3 Å². The number of ether oxygens (including phenoxy) is 2. The molecule has 2 rings (SSSR count). The summed E-state index contributed by atoms with van der Waals surface area (Å²) in [5.74, 6) is -1.50. The number of thiazole rings is 1. The van der Waals surface area contributed by atoms with Gasteiger partial charge in [-0.25, -0.2) is 4.79 Å². The lowest BCUT2D eigenvalue weighted by Crippen LogP contribution is -2.34. The van der Waals surface area contributed by atoms with Crippen LogP contribution in [0.2, 0.25) is 0 Å². The maximum Gasteiger partial charge on any atom is 0.416 e. The molecule has 0 radical (unpaired) electrons. The molecule has 0 atom stereocenters. The fourth-order valence-electron chi connectivity index (χ4n) is 2.29. The minimum absolute atomic E-state index is 0.0598. The van der Waals surface area contributed by atoms with E-state index in [9.17, 15) is 27.6 Å². The van der Waals surface area contributed by atoms with Crippen LogP contribution in [-0.4, -0.2) is 30.2 Å². The SMILES string of the molecule is CCOC(=O)/C=c1\s/c(=C\c2ccccc2C(F)(F)F)c(=O)n1CC(=O)OC. The van der Waals surface area contributed by atoms with Crippen molar-refractivity contribution in [1.29, 1.82) is 0 Å². The Kier molecular flexibility index (Phi) is 6.79. The van der Waals surface area contributed by atoms with Crippen molar-refractivity contribution < 1.29 is 32.2 Å². The topological polar surface area (TPSA) is 74.6 Å². The van der Waals surface area contributed by atoms with Crippen LogP contribution in [0.25, 0.3) is 12.2 Å². The average Bonchev–Trinajstić information content (AvgIpc) is 2.90. The quantitative estimate of drug-likeness (QED) is 0.688. The first-order valence-corrected chi connectivity index (χ1v) is 8.82. The number of methoxy groups -OCH3 is 1. The summed E-state index contributed by atoms with van der Waals surface area (Å²) in [5, 5.41) is 0. The van der Waals surface area contributed by atoms with Crippen LogP contribution in [0.5, 0.6) is 0 Å². The van der Waals surface area contributed by atoms with E-state index >= 15 is 0 Å². The van der Waals surface area contributed by atoms with Crippen LogP contribution in [0.15, 0.2) is 29.1 Å². The lowest BCUT2D eigenvalue weighted by atomic mass is 10.1. The zero-order chi connectivity index (χ0) is 20.9. The van der Waals surface area contributed by atoms with Gasteiger partial charge in [0.05, 0.1) is 29.9 Å². The molecular weight excluding hydrogens is 399 g/mol. The van der Waals surface area contributed by atoms with Gasteiger partial charge in [-0.2, -0.15) is 13.2 Å². The molecule has 0 aliphatic carbocycles. The number of alkyl halides is 3. The van der Waals surface area contributed by atoms with E-state index in [1.165, 1.54) is 18.2 Å². The summed E-state index contributed by atoms with van der Waals surface area (Å²) in [6.07, 6.45) is -2.52. The summed E-state index contributed by atoms with van der Waals surface area (Å²) >= 11 is 0.770. The van der Waals surface area contributed by atoms with Gasteiger partial charge in [0.1, 0.15) is 11.2 Å². The monoisotopic (exact) mass is 415 g/mol. The molecule has 0 bridgehead atoms. The summed E-state index contributed by atoms with van der Waals surface area (Å²) < 4.78 is 49.8. The summed E-state index contributed by atoms with van der Waals surface area (Å²) in [6, 6.07) is 4.77. The zero-order valence-corrected chi connectivity index (χ0v) is 15.7. The summed E-state index contributed by atoms with van der Waals surface area (Å²) in [4.78, 5) is 35.9. The number of nitrogens with zero attached hydrogens (tertiary/aromatic N) is 1. The second kappa shape index (κ2) is 8.87. The fourth-order valence-corrected chi connectivity index (χ4v) is 3.31. The number of aromatic nitrogens is 1. The van der Waals surface area contributed by atoms with Crippen molar-refractivity contribution >= 4 is 35.4 Å². The molecule has 0 aliphatic rings. The second-order valence-electron chi connectivity index (χ2n) is 5.40. The average molecular weight is 415 g/mol. The molecule has 1 aromatic heterocycles. The van der Waals surface area contributed by atoms with E-state index in [0.717, 1.165) is 41.2 Å². The largest absolute Gasteiger partial charge is 0.468 e. The number of carbonyl (C=O) groups is 2. The highest BCUT2D eigenvalue weighted by atomic mass is 32.1. The van der Waals surface area contributed by atoms with E-state index < -0.39 is 35.8 Å². The van der Waals surface area contributed by atoms with Gasteiger partial charge in [0.25, 0.3) is 5.56 Å². The first-order chi connectivity index (χ1) is 13.2. The molecular formula is C18H16F3NO5S. The first-order valence-electron chi connectivity index (χ1n) is 8.00. The highest BCUT2D eigenvalue weighted by molar-refractivity contribution is 7.07. The van der Waals surface area contributed by atoms with Crippen molar-refractivity contribution in [2.75, 3.05) is 13.7 Å². The van der Waals surface area contributed by atoms with Crippen molar-refractivity contribution in [2.45, 2.75) is 19.6 Å². The molecule has 0 spiro atoms. The minimum Gasteiger partial charge on any atom is -0.468 e. The number of rotatable bonds is 5. The van der Waals surface area contributed by atoms with Gasteiger partial charge in [0, 0.05) is 0 Å². The molecule has 0 unspecified atom stereocenters. The van der Waals surface area contributed by atoms with Gasteiger partial charge in [0.2, 0.25) is 0 Å². The van der Waals surface area contributed by atoms with Gasteiger partial charge >= 0.3 is 18.1 Å². The van der Waals surface area contributed by atoms with Gasteiger partial charge in [-0.15, -0.1) is 11.3 Å².